The van der Waals surface area contributed by atoms with Crippen molar-refractivity contribution in [2.75, 3.05) is 4.72 Å². The summed E-state index contributed by atoms with van der Waals surface area (Å²) >= 11 is 11.8. The standard InChI is InChI=1S/C17H20Cl2N6O5S/c1-8-3-5-12(24-31(28,29)13-6-4-10(18)7-11(13)19)16(27)25(8)14(15(20)26)9(2)30-23-17(21)22/h3-7,9,14,24H,1-2H3,(H2,20,26)(H4,21,22,23). The number of anilines is 1. The van der Waals surface area contributed by atoms with E-state index in [0.717, 1.165) is 4.57 Å². The Hall–Kier alpha value is -2.96. The SMILES string of the molecule is Cc1ccc(NS(=O)(=O)c2ccc(Cl)cc2Cl)c(=O)n1C(C(N)=O)C(C)ON=C(N)N. The molecule has 0 spiro atoms. The number of guanidine groups is 1. The molecular weight excluding hydrogens is 471 g/mol. The van der Waals surface area contributed by atoms with Crippen molar-refractivity contribution >= 4 is 50.8 Å². The topological polar surface area (TPSA) is 185 Å². The lowest BCUT2D eigenvalue weighted by atomic mass is 10.1. The zero-order valence-corrected chi connectivity index (χ0v) is 18.7. The molecule has 0 saturated carbocycles. The van der Waals surface area contributed by atoms with Crippen molar-refractivity contribution < 1.29 is 18.0 Å². The van der Waals surface area contributed by atoms with Crippen molar-refractivity contribution in [1.29, 1.82) is 0 Å². The number of hydrogen-bond donors (Lipinski definition) is 4. The first-order valence-electron chi connectivity index (χ1n) is 8.59. The zero-order chi connectivity index (χ0) is 23.5. The van der Waals surface area contributed by atoms with Crippen LogP contribution in [-0.4, -0.2) is 31.0 Å². The van der Waals surface area contributed by atoms with Gasteiger partial charge in [0.1, 0.15) is 10.6 Å². The number of carbonyl (C=O) groups is 1. The van der Waals surface area contributed by atoms with Crippen LogP contribution in [-0.2, 0) is 19.7 Å². The van der Waals surface area contributed by atoms with Crippen LogP contribution in [0.3, 0.4) is 0 Å². The van der Waals surface area contributed by atoms with E-state index in [9.17, 15) is 18.0 Å². The highest BCUT2D eigenvalue weighted by Crippen LogP contribution is 2.26. The lowest BCUT2D eigenvalue weighted by Gasteiger charge is -2.24. The summed E-state index contributed by atoms with van der Waals surface area (Å²) < 4.78 is 28.6. The molecule has 2 atom stereocenters. The van der Waals surface area contributed by atoms with Gasteiger partial charge in [0.15, 0.2) is 12.1 Å². The summed E-state index contributed by atoms with van der Waals surface area (Å²) in [5, 5.41) is 3.46. The molecule has 0 aliphatic heterocycles. The van der Waals surface area contributed by atoms with E-state index in [2.05, 4.69) is 9.88 Å². The van der Waals surface area contributed by atoms with E-state index in [-0.39, 0.29) is 20.6 Å². The summed E-state index contributed by atoms with van der Waals surface area (Å²) in [7, 11) is -4.26. The third-order valence-corrected chi connectivity index (χ3v) is 6.17. The molecule has 2 unspecified atom stereocenters. The second kappa shape index (κ2) is 9.45. The number of hydrogen-bond acceptors (Lipinski definition) is 6. The number of pyridine rings is 1. The average Bonchev–Trinajstić information content (AvgIpc) is 2.64. The lowest BCUT2D eigenvalue weighted by molar-refractivity contribution is -0.125. The highest BCUT2D eigenvalue weighted by Gasteiger charge is 2.30. The fourth-order valence-electron chi connectivity index (χ4n) is 2.73. The van der Waals surface area contributed by atoms with Crippen molar-refractivity contribution in [2.24, 2.45) is 22.4 Å². The van der Waals surface area contributed by atoms with Gasteiger partial charge in [-0.1, -0.05) is 23.2 Å². The van der Waals surface area contributed by atoms with Gasteiger partial charge in [0.05, 0.1) is 5.02 Å². The number of carbonyl (C=O) groups excluding carboxylic acids is 1. The van der Waals surface area contributed by atoms with Crippen molar-refractivity contribution in [3.05, 3.63) is 56.4 Å². The van der Waals surface area contributed by atoms with Gasteiger partial charge in [0.2, 0.25) is 11.9 Å². The summed E-state index contributed by atoms with van der Waals surface area (Å²) in [4.78, 5) is 29.9. The predicted octanol–water partition coefficient (Wildman–Crippen LogP) is 0.884. The maximum absolute atomic E-state index is 13.1. The smallest absolute Gasteiger partial charge is 0.275 e. The summed E-state index contributed by atoms with van der Waals surface area (Å²) in [6.45, 7) is 2.94. The highest BCUT2D eigenvalue weighted by molar-refractivity contribution is 7.92. The second-order valence-electron chi connectivity index (χ2n) is 6.42. The molecule has 0 bridgehead atoms. The van der Waals surface area contributed by atoms with Crippen LogP contribution >= 0.6 is 23.2 Å². The molecule has 14 heteroatoms. The number of rotatable bonds is 8. The maximum atomic E-state index is 13.1. The van der Waals surface area contributed by atoms with E-state index in [1.807, 2.05) is 0 Å². The van der Waals surface area contributed by atoms with Crippen LogP contribution in [0.1, 0.15) is 18.7 Å². The average molecular weight is 491 g/mol. The molecule has 0 radical (unpaired) electrons. The van der Waals surface area contributed by atoms with Crippen LogP contribution in [0.5, 0.6) is 0 Å². The van der Waals surface area contributed by atoms with E-state index >= 15 is 0 Å². The minimum atomic E-state index is -4.26. The minimum Gasteiger partial charge on any atom is -0.387 e. The molecule has 11 nitrogen and oxygen atoms in total. The summed E-state index contributed by atoms with van der Waals surface area (Å²) in [6, 6.07) is 5.09. The molecule has 2 aromatic rings. The third-order valence-electron chi connectivity index (χ3n) is 4.09. The van der Waals surface area contributed by atoms with Gasteiger partial charge in [-0.25, -0.2) is 8.42 Å². The molecule has 1 amide bonds. The number of amides is 1. The molecular formula is C17H20Cl2N6O5S. The Morgan fingerprint density at radius 2 is 1.84 bits per heavy atom. The number of halogens is 2. The number of sulfonamides is 1. The number of aryl methyl sites for hydroxylation is 1. The van der Waals surface area contributed by atoms with Gasteiger partial charge in [-0.15, -0.1) is 0 Å². The predicted molar refractivity (Wildman–Crippen MR) is 117 cm³/mol. The number of aromatic nitrogens is 1. The van der Waals surface area contributed by atoms with Gasteiger partial charge >= 0.3 is 0 Å². The Kier molecular flexibility index (Phi) is 7.41. The maximum Gasteiger partial charge on any atom is 0.275 e. The normalized spacial score (nSPS) is 13.2. The molecule has 168 valence electrons. The minimum absolute atomic E-state index is 0.137. The molecule has 0 aliphatic carbocycles. The largest absolute Gasteiger partial charge is 0.387 e. The summed E-state index contributed by atoms with van der Waals surface area (Å²) in [6.07, 6.45) is -1.06. The van der Waals surface area contributed by atoms with Crippen LogP contribution in [0.15, 0.2) is 45.2 Å². The van der Waals surface area contributed by atoms with E-state index < -0.39 is 39.6 Å². The van der Waals surface area contributed by atoms with Gasteiger partial charge in [0, 0.05) is 10.7 Å². The van der Waals surface area contributed by atoms with Crippen molar-refractivity contribution in [2.45, 2.75) is 30.9 Å². The molecule has 0 aliphatic rings. The first kappa shape index (κ1) is 24.3. The van der Waals surface area contributed by atoms with Gasteiger partial charge < -0.3 is 22.0 Å². The number of benzene rings is 1. The van der Waals surface area contributed by atoms with Gasteiger partial charge in [-0.05, 0) is 49.3 Å². The fourth-order valence-corrected chi connectivity index (χ4v) is 4.56. The Labute approximate surface area is 187 Å². The Morgan fingerprint density at radius 1 is 1.19 bits per heavy atom. The highest BCUT2D eigenvalue weighted by atomic mass is 35.5. The van der Waals surface area contributed by atoms with Gasteiger partial charge in [-0.3, -0.25) is 18.9 Å². The first-order chi connectivity index (χ1) is 14.3. The molecule has 31 heavy (non-hydrogen) atoms. The number of primary amides is 1. The summed E-state index contributed by atoms with van der Waals surface area (Å²) in [5.74, 6) is -1.33. The first-order valence-corrected chi connectivity index (χ1v) is 10.8. The number of nitrogens with zero attached hydrogens (tertiary/aromatic N) is 2. The van der Waals surface area contributed by atoms with Gasteiger partial charge in [0.25, 0.3) is 15.6 Å². The molecule has 7 N–H and O–H groups in total. The molecule has 0 saturated heterocycles. The van der Waals surface area contributed by atoms with E-state index in [1.54, 1.807) is 0 Å². The summed E-state index contributed by atoms with van der Waals surface area (Å²) in [5.41, 5.74) is 15.0. The van der Waals surface area contributed by atoms with Crippen LogP contribution in [0.25, 0.3) is 0 Å². The van der Waals surface area contributed by atoms with E-state index in [1.165, 1.54) is 44.2 Å². The number of nitrogens with two attached hydrogens (primary N) is 3. The Morgan fingerprint density at radius 3 is 2.39 bits per heavy atom. The van der Waals surface area contributed by atoms with Crippen LogP contribution in [0, 0.1) is 6.92 Å². The van der Waals surface area contributed by atoms with E-state index in [0.29, 0.717) is 5.69 Å². The second-order valence-corrected chi connectivity index (χ2v) is 8.91. The van der Waals surface area contributed by atoms with Crippen molar-refractivity contribution in [3.8, 4) is 0 Å². The fraction of sp³-hybridized carbons (Fsp3) is 0.235. The molecule has 1 aromatic carbocycles. The van der Waals surface area contributed by atoms with Crippen LogP contribution < -0.4 is 27.5 Å². The van der Waals surface area contributed by atoms with Crippen molar-refractivity contribution in [1.82, 2.24) is 4.57 Å². The quantitative estimate of drug-likeness (QED) is 0.240. The monoisotopic (exact) mass is 490 g/mol. The van der Waals surface area contributed by atoms with Crippen molar-refractivity contribution in [3.63, 3.8) is 0 Å². The Bertz CT molecular complexity index is 1190. The van der Waals surface area contributed by atoms with Gasteiger partial charge in [-0.2, -0.15) is 0 Å². The van der Waals surface area contributed by atoms with E-state index in [4.69, 9.17) is 45.2 Å². The lowest BCUT2D eigenvalue weighted by Crippen LogP contribution is -2.42. The number of oxime groups is 1. The Balaban J connectivity index is 2.53. The zero-order valence-electron chi connectivity index (χ0n) is 16.4. The third kappa shape index (κ3) is 5.60. The molecule has 2 rings (SSSR count). The number of nitrogens with one attached hydrogen (secondary N) is 1. The molecule has 1 heterocycles. The molecule has 0 fully saturated rings. The molecule has 1 aromatic heterocycles. The van der Waals surface area contributed by atoms with Crippen LogP contribution in [0.2, 0.25) is 10.0 Å². The van der Waals surface area contributed by atoms with Crippen LogP contribution in [0.4, 0.5) is 5.69 Å².